The lowest BCUT2D eigenvalue weighted by atomic mass is 10.0. The lowest BCUT2D eigenvalue weighted by Crippen LogP contribution is -2.35. The number of hydrogen-bond donors (Lipinski definition) is 3. The molecule has 0 spiro atoms. The Hall–Kier alpha value is -3.47. The van der Waals surface area contributed by atoms with Crippen molar-refractivity contribution in [3.8, 4) is 17.3 Å². The molecule has 0 radical (unpaired) electrons. The molecule has 0 saturated carbocycles. The molecule has 28 heavy (non-hydrogen) atoms. The summed E-state index contributed by atoms with van der Waals surface area (Å²) in [6.07, 6.45) is 0. The first kappa shape index (κ1) is 19.3. The second-order valence-corrected chi connectivity index (χ2v) is 6.21. The Morgan fingerprint density at radius 1 is 1.04 bits per heavy atom. The highest BCUT2D eigenvalue weighted by atomic mass is 16.3. The number of nitriles is 1. The molecule has 1 aromatic heterocycles. The smallest absolute Gasteiger partial charge is 0.256 e. The van der Waals surface area contributed by atoms with Crippen LogP contribution in [-0.4, -0.2) is 52.3 Å². The van der Waals surface area contributed by atoms with Crippen molar-refractivity contribution in [2.24, 2.45) is 0 Å². The maximum Gasteiger partial charge on any atom is 0.256 e. The number of carbonyl (C=O) groups is 1. The second-order valence-electron chi connectivity index (χ2n) is 6.21. The van der Waals surface area contributed by atoms with Gasteiger partial charge in [0.25, 0.3) is 11.5 Å². The van der Waals surface area contributed by atoms with Crippen LogP contribution in [0.15, 0.2) is 53.3 Å². The number of amides is 1. The largest absolute Gasteiger partial charge is 0.395 e. The van der Waals surface area contributed by atoms with E-state index in [0.717, 1.165) is 0 Å². The first-order valence-corrected chi connectivity index (χ1v) is 8.76. The van der Waals surface area contributed by atoms with Crippen LogP contribution in [0, 0.1) is 11.3 Å². The summed E-state index contributed by atoms with van der Waals surface area (Å²) in [5, 5.41) is 28.4. The fourth-order valence-electron chi connectivity index (χ4n) is 3.07. The molecule has 3 N–H and O–H groups in total. The molecule has 7 nitrogen and oxygen atoms in total. The molecule has 0 bridgehead atoms. The van der Waals surface area contributed by atoms with Gasteiger partial charge in [-0.05, 0) is 35.9 Å². The molecule has 0 fully saturated rings. The fraction of sp³-hybridized carbons (Fsp3) is 0.190. The summed E-state index contributed by atoms with van der Waals surface area (Å²) in [5.74, 6) is -0.298. The molecule has 1 amide bonds. The average Bonchev–Trinajstić information content (AvgIpc) is 2.72. The van der Waals surface area contributed by atoms with E-state index in [1.165, 1.54) is 4.90 Å². The topological polar surface area (TPSA) is 117 Å². The summed E-state index contributed by atoms with van der Waals surface area (Å²) in [6.45, 7) is -0.112. The molecular weight excluding hydrogens is 358 g/mol. The number of benzene rings is 2. The van der Waals surface area contributed by atoms with E-state index < -0.39 is 0 Å². The standard InChI is InChI=1S/C21H19N3O4/c22-13-16-2-1-3-17-18(16)12-19(23-20(17)27)14-4-6-15(7-5-14)21(28)24(8-10-25)9-11-26/h1-7,12,25-26H,8-11H2,(H,23,27). The SMILES string of the molecule is N#Cc1cccc2c(=O)[nH]c(-c3ccc(C(=O)N(CCO)CCO)cc3)cc12. The minimum absolute atomic E-state index is 0.135. The number of aliphatic hydroxyl groups is 2. The average molecular weight is 377 g/mol. The van der Waals surface area contributed by atoms with E-state index in [9.17, 15) is 14.9 Å². The third-order valence-corrected chi connectivity index (χ3v) is 4.48. The maximum absolute atomic E-state index is 12.5. The van der Waals surface area contributed by atoms with Crippen molar-refractivity contribution >= 4 is 16.7 Å². The normalized spacial score (nSPS) is 10.6. The van der Waals surface area contributed by atoms with Crippen molar-refractivity contribution in [2.45, 2.75) is 0 Å². The Balaban J connectivity index is 1.97. The molecule has 3 aromatic rings. The molecule has 0 saturated heterocycles. The van der Waals surface area contributed by atoms with Crippen LogP contribution in [-0.2, 0) is 0 Å². The molecule has 7 heteroatoms. The highest BCUT2D eigenvalue weighted by Crippen LogP contribution is 2.23. The van der Waals surface area contributed by atoms with Gasteiger partial charge in [-0.2, -0.15) is 5.26 Å². The molecule has 2 aromatic carbocycles. The Morgan fingerprint density at radius 3 is 2.32 bits per heavy atom. The molecule has 0 unspecified atom stereocenters. The van der Waals surface area contributed by atoms with Gasteiger partial charge in [0, 0.05) is 35.1 Å². The highest BCUT2D eigenvalue weighted by Gasteiger charge is 2.15. The van der Waals surface area contributed by atoms with Gasteiger partial charge in [0.05, 0.1) is 24.8 Å². The molecule has 142 valence electrons. The number of H-pyrrole nitrogens is 1. The zero-order valence-electron chi connectivity index (χ0n) is 15.1. The van der Waals surface area contributed by atoms with Crippen LogP contribution in [0.4, 0.5) is 0 Å². The van der Waals surface area contributed by atoms with Crippen LogP contribution >= 0.6 is 0 Å². The Kier molecular flexibility index (Phi) is 5.84. The number of carbonyl (C=O) groups excluding carboxylic acids is 1. The number of aromatic amines is 1. The Morgan fingerprint density at radius 2 is 1.71 bits per heavy atom. The highest BCUT2D eigenvalue weighted by molar-refractivity contribution is 5.95. The van der Waals surface area contributed by atoms with E-state index in [1.807, 2.05) is 0 Å². The number of aliphatic hydroxyl groups excluding tert-OH is 2. The predicted molar refractivity (Wildman–Crippen MR) is 105 cm³/mol. The minimum Gasteiger partial charge on any atom is -0.395 e. The molecule has 0 aliphatic rings. The summed E-state index contributed by atoms with van der Waals surface area (Å²) in [7, 11) is 0. The van der Waals surface area contributed by atoms with Crippen LogP contribution in [0.3, 0.4) is 0 Å². The van der Waals surface area contributed by atoms with E-state index in [0.29, 0.717) is 33.2 Å². The van der Waals surface area contributed by atoms with Crippen LogP contribution in [0.2, 0.25) is 0 Å². The third-order valence-electron chi connectivity index (χ3n) is 4.48. The summed E-state index contributed by atoms with van der Waals surface area (Å²) < 4.78 is 0. The number of rotatable bonds is 6. The molecule has 0 aliphatic heterocycles. The van der Waals surface area contributed by atoms with E-state index >= 15 is 0 Å². The van der Waals surface area contributed by atoms with Gasteiger partial charge in [0.1, 0.15) is 0 Å². The fourth-order valence-corrected chi connectivity index (χ4v) is 3.07. The van der Waals surface area contributed by atoms with E-state index in [2.05, 4.69) is 11.1 Å². The van der Waals surface area contributed by atoms with Crippen molar-refractivity contribution < 1.29 is 15.0 Å². The second kappa shape index (κ2) is 8.48. The van der Waals surface area contributed by atoms with Crippen molar-refractivity contribution in [3.05, 3.63) is 70.0 Å². The molecule has 3 rings (SSSR count). The number of nitrogens with one attached hydrogen (secondary N) is 1. The summed E-state index contributed by atoms with van der Waals surface area (Å²) in [4.78, 5) is 29.0. The van der Waals surface area contributed by atoms with Gasteiger partial charge < -0.3 is 20.1 Å². The van der Waals surface area contributed by atoms with Gasteiger partial charge in [-0.3, -0.25) is 9.59 Å². The van der Waals surface area contributed by atoms with Crippen molar-refractivity contribution in [2.75, 3.05) is 26.3 Å². The van der Waals surface area contributed by atoms with Gasteiger partial charge in [-0.15, -0.1) is 0 Å². The van der Waals surface area contributed by atoms with Crippen LogP contribution in [0.5, 0.6) is 0 Å². The van der Waals surface area contributed by atoms with Crippen molar-refractivity contribution in [1.82, 2.24) is 9.88 Å². The minimum atomic E-state index is -0.298. The van der Waals surface area contributed by atoms with Crippen LogP contribution < -0.4 is 5.56 Å². The summed E-state index contributed by atoms with van der Waals surface area (Å²) in [5.41, 5.74) is 1.77. The van der Waals surface area contributed by atoms with E-state index in [-0.39, 0.29) is 37.8 Å². The first-order chi connectivity index (χ1) is 13.6. The van der Waals surface area contributed by atoms with Gasteiger partial charge >= 0.3 is 0 Å². The molecule has 0 atom stereocenters. The number of nitrogens with zero attached hydrogens (tertiary/aromatic N) is 2. The van der Waals surface area contributed by atoms with Crippen LogP contribution in [0.1, 0.15) is 15.9 Å². The van der Waals surface area contributed by atoms with Gasteiger partial charge in [0.15, 0.2) is 0 Å². The number of hydrogen-bond acceptors (Lipinski definition) is 5. The maximum atomic E-state index is 12.5. The van der Waals surface area contributed by atoms with E-state index in [1.54, 1.807) is 48.5 Å². The summed E-state index contributed by atoms with van der Waals surface area (Å²) >= 11 is 0. The van der Waals surface area contributed by atoms with Gasteiger partial charge in [0.2, 0.25) is 0 Å². The predicted octanol–water partition coefficient (Wildman–Crippen LogP) is 1.49. The van der Waals surface area contributed by atoms with Gasteiger partial charge in [-0.1, -0.05) is 18.2 Å². The Labute approximate surface area is 161 Å². The third kappa shape index (κ3) is 3.78. The molecular formula is C21H19N3O4. The number of aromatic nitrogens is 1. The van der Waals surface area contributed by atoms with Crippen LogP contribution in [0.25, 0.3) is 22.0 Å². The van der Waals surface area contributed by atoms with E-state index in [4.69, 9.17) is 10.2 Å². The van der Waals surface area contributed by atoms with Crippen molar-refractivity contribution in [3.63, 3.8) is 0 Å². The van der Waals surface area contributed by atoms with Crippen molar-refractivity contribution in [1.29, 1.82) is 5.26 Å². The monoisotopic (exact) mass is 377 g/mol. The zero-order chi connectivity index (χ0) is 20.1. The quantitative estimate of drug-likeness (QED) is 0.602. The molecule has 0 aliphatic carbocycles. The number of pyridine rings is 1. The lowest BCUT2D eigenvalue weighted by Gasteiger charge is -2.20. The number of fused-ring (bicyclic) bond motifs is 1. The zero-order valence-corrected chi connectivity index (χ0v) is 15.1. The molecule has 1 heterocycles. The first-order valence-electron chi connectivity index (χ1n) is 8.76. The summed E-state index contributed by atoms with van der Waals surface area (Å²) in [6, 6.07) is 15.5. The van der Waals surface area contributed by atoms with Gasteiger partial charge in [-0.25, -0.2) is 0 Å². The lowest BCUT2D eigenvalue weighted by molar-refractivity contribution is 0.0685. The Bertz CT molecular complexity index is 1090.